The maximum atomic E-state index is 13.8. The van der Waals surface area contributed by atoms with Crippen LogP contribution in [0.3, 0.4) is 0 Å². The number of benzene rings is 2. The second kappa shape index (κ2) is 12.5. The third-order valence-electron chi connectivity index (χ3n) is 7.23. The number of ether oxygens (including phenoxy) is 1. The first-order valence-corrected chi connectivity index (χ1v) is 16.0. The van der Waals surface area contributed by atoms with E-state index in [1.165, 1.54) is 11.8 Å². The van der Waals surface area contributed by atoms with Gasteiger partial charge in [-0.25, -0.2) is 26.2 Å². The molecule has 3 aromatic rings. The van der Waals surface area contributed by atoms with Crippen molar-refractivity contribution in [1.82, 2.24) is 4.90 Å². The fraction of sp³-hybridized carbons (Fsp3) is 0.276. The number of hydrogen-bond acceptors (Lipinski definition) is 8. The highest BCUT2D eigenvalue weighted by molar-refractivity contribution is 7.94. The highest BCUT2D eigenvalue weighted by Crippen LogP contribution is 2.47. The van der Waals surface area contributed by atoms with Crippen LogP contribution in [-0.2, 0) is 40.8 Å². The van der Waals surface area contributed by atoms with Crippen molar-refractivity contribution in [2.75, 3.05) is 0 Å². The number of allylic oxidation sites excluding steroid dienone is 1. The molecule has 3 atom stereocenters. The number of halogens is 3. The fourth-order valence-corrected chi connectivity index (χ4v) is 7.25. The zero-order valence-electron chi connectivity index (χ0n) is 23.1. The smallest absolute Gasteiger partial charge is 0.485 e. The van der Waals surface area contributed by atoms with Crippen molar-refractivity contribution in [2.24, 2.45) is 0 Å². The van der Waals surface area contributed by atoms with E-state index >= 15 is 0 Å². The summed E-state index contributed by atoms with van der Waals surface area (Å²) in [5.74, 6) is -1.11. The summed E-state index contributed by atoms with van der Waals surface area (Å²) >= 11 is 0. The molecule has 3 heterocycles. The fourth-order valence-electron chi connectivity index (χ4n) is 4.96. The summed E-state index contributed by atoms with van der Waals surface area (Å²) < 4.78 is 92.3. The van der Waals surface area contributed by atoms with E-state index in [0.29, 0.717) is 6.54 Å². The Kier molecular flexibility index (Phi) is 9.32. The molecule has 234 valence electrons. The Morgan fingerprint density at radius 3 is 1.98 bits per heavy atom. The van der Waals surface area contributed by atoms with E-state index in [2.05, 4.69) is 0 Å². The predicted molar refractivity (Wildman–Crippen MR) is 149 cm³/mol. The van der Waals surface area contributed by atoms with Crippen LogP contribution in [0.4, 0.5) is 13.2 Å². The van der Waals surface area contributed by atoms with E-state index in [4.69, 9.17) is 17.7 Å². The second-order valence-electron chi connectivity index (χ2n) is 10.1. The van der Waals surface area contributed by atoms with Gasteiger partial charge in [-0.1, -0.05) is 72.8 Å². The lowest BCUT2D eigenvalue weighted by molar-refractivity contribution is -0.687. The lowest BCUT2D eigenvalue weighted by atomic mass is 9.95. The highest BCUT2D eigenvalue weighted by atomic mass is 32.2. The summed E-state index contributed by atoms with van der Waals surface area (Å²) in [6.07, 6.45) is 6.13. The van der Waals surface area contributed by atoms with Gasteiger partial charge in [0, 0.05) is 12.1 Å². The van der Waals surface area contributed by atoms with Gasteiger partial charge in [0.15, 0.2) is 51.0 Å². The molecule has 0 N–H and O–H groups in total. The van der Waals surface area contributed by atoms with Gasteiger partial charge in [-0.15, -0.1) is 0 Å². The molecule has 2 aliphatic rings. The quantitative estimate of drug-likeness (QED) is 0.0948. The Hall–Kier alpha value is -4.08. The predicted octanol–water partition coefficient (Wildman–Crippen LogP) is 3.03. The Balaban J connectivity index is 0.000000488. The van der Waals surface area contributed by atoms with Gasteiger partial charge in [0.05, 0.1) is 6.42 Å². The first-order valence-electron chi connectivity index (χ1n) is 13.1. The summed E-state index contributed by atoms with van der Waals surface area (Å²) in [4.78, 5) is 27.5. The number of pyridine rings is 1. The number of amides is 1. The number of rotatable bonds is 7. The molecule has 15 heteroatoms. The van der Waals surface area contributed by atoms with Crippen molar-refractivity contribution in [3.05, 3.63) is 115 Å². The molecular weight excluding hydrogens is 625 g/mol. The van der Waals surface area contributed by atoms with Gasteiger partial charge in [-0.2, -0.15) is 13.2 Å². The molecule has 10 nitrogen and oxygen atoms in total. The van der Waals surface area contributed by atoms with Gasteiger partial charge in [-0.3, -0.25) is 4.79 Å². The average Bonchev–Trinajstić information content (AvgIpc) is 3.11. The number of carbonyl (C=O) groups is 2. The molecule has 0 saturated carbocycles. The number of β-lactam (4-membered cyclic amide) rings is 1. The number of alkyl halides is 3. The zero-order valence-corrected chi connectivity index (χ0v) is 24.7. The van der Waals surface area contributed by atoms with Gasteiger partial charge in [-0.05, 0) is 24.1 Å². The van der Waals surface area contributed by atoms with Crippen LogP contribution < -0.4 is 4.57 Å². The summed E-state index contributed by atoms with van der Waals surface area (Å²) in [6.45, 7) is 1.93. The van der Waals surface area contributed by atoms with Gasteiger partial charge in [0.25, 0.3) is 0 Å². The van der Waals surface area contributed by atoms with E-state index < -0.39 is 53.7 Å². The summed E-state index contributed by atoms with van der Waals surface area (Å²) in [5.41, 5.74) is -4.14. The van der Waals surface area contributed by atoms with Crippen LogP contribution in [0.25, 0.3) is 0 Å². The molecule has 44 heavy (non-hydrogen) atoms. The highest BCUT2D eigenvalue weighted by Gasteiger charge is 2.69. The Labute approximate surface area is 252 Å². The molecule has 1 aromatic heterocycles. The molecule has 0 aliphatic carbocycles. The molecule has 0 unspecified atom stereocenters. The van der Waals surface area contributed by atoms with Crippen LogP contribution in [0, 0.1) is 0 Å². The standard InChI is InChI=1S/C28H27N2O5S.CHF3O3S/c1-28(16-11-19-29-17-9-4-10-18-29)26(30-23(31)20-24(30)36(28,33)34)27(32)35-25(21-12-5-2-6-13-21)22-14-7-3-8-15-22;2-1(3,4)8(5,6)7/h2-18,24-26H,19-20H2,1H3;(H,5,6,7)/q+1;/p-1/b16-11+;/t24-,26+,28+;/m1./s1. The second-order valence-corrected chi connectivity index (χ2v) is 14.0. The monoisotopic (exact) mass is 652 g/mol. The third-order valence-corrected chi connectivity index (χ3v) is 10.5. The van der Waals surface area contributed by atoms with E-state index in [9.17, 15) is 31.2 Å². The van der Waals surface area contributed by atoms with Crippen LogP contribution in [0.1, 0.15) is 30.6 Å². The molecule has 2 aliphatic heterocycles. The Morgan fingerprint density at radius 2 is 1.52 bits per heavy atom. The molecule has 2 aromatic carbocycles. The van der Waals surface area contributed by atoms with E-state index in [1.807, 2.05) is 95.8 Å². The number of esters is 1. The molecule has 1 amide bonds. The number of carbonyl (C=O) groups excluding carboxylic acids is 2. The zero-order chi connectivity index (χ0) is 32.3. The van der Waals surface area contributed by atoms with Crippen molar-refractivity contribution >= 4 is 31.8 Å². The maximum absolute atomic E-state index is 13.8. The molecule has 0 spiro atoms. The largest absolute Gasteiger partial charge is 0.741 e. The summed E-state index contributed by atoms with van der Waals surface area (Å²) in [6, 6.07) is 22.9. The molecular formula is C29H27F3N2O8S2. The molecule has 0 radical (unpaired) electrons. The van der Waals surface area contributed by atoms with Crippen LogP contribution in [0.15, 0.2) is 103 Å². The summed E-state index contributed by atoms with van der Waals surface area (Å²) in [7, 11) is -9.96. The molecule has 2 fully saturated rings. The number of nitrogens with zero attached hydrogens (tertiary/aromatic N) is 2. The van der Waals surface area contributed by atoms with E-state index in [0.717, 1.165) is 11.1 Å². The van der Waals surface area contributed by atoms with Gasteiger partial charge >= 0.3 is 11.5 Å². The third kappa shape index (κ3) is 6.54. The first-order chi connectivity index (χ1) is 20.6. The number of hydrogen-bond donors (Lipinski definition) is 0. The minimum Gasteiger partial charge on any atom is -0.741 e. The normalized spacial score (nSPS) is 22.6. The number of fused-ring (bicyclic) bond motifs is 1. The molecule has 2 saturated heterocycles. The van der Waals surface area contributed by atoms with Crippen molar-refractivity contribution in [3.8, 4) is 0 Å². The average molecular weight is 653 g/mol. The van der Waals surface area contributed by atoms with Crippen LogP contribution >= 0.6 is 0 Å². The van der Waals surface area contributed by atoms with Crippen LogP contribution in [-0.4, -0.2) is 59.8 Å². The van der Waals surface area contributed by atoms with Gasteiger partial charge in [0.1, 0.15) is 10.1 Å². The summed E-state index contributed by atoms with van der Waals surface area (Å²) in [5, 5.41) is -1.02. The van der Waals surface area contributed by atoms with E-state index in [1.54, 1.807) is 12.2 Å². The minimum atomic E-state index is -6.09. The molecule has 5 rings (SSSR count). The van der Waals surface area contributed by atoms with Crippen LogP contribution in [0.5, 0.6) is 0 Å². The molecule has 0 bridgehead atoms. The number of sulfone groups is 1. The Morgan fingerprint density at radius 1 is 1.05 bits per heavy atom. The number of aromatic nitrogens is 1. The first kappa shape index (κ1) is 32.8. The SMILES string of the molecule is C[C@]1(/C=C/C[n+]2ccccc2)[C@H](C(=O)OC(c2ccccc2)c2ccccc2)N2C(=O)C[C@H]2S1(=O)=O.O=S(=O)([O-])C(F)(F)F. The Bertz CT molecular complexity index is 1700. The topological polar surface area (TPSA) is 142 Å². The van der Waals surface area contributed by atoms with Crippen molar-refractivity contribution in [2.45, 2.75) is 47.7 Å². The van der Waals surface area contributed by atoms with Crippen molar-refractivity contribution in [1.29, 1.82) is 0 Å². The lowest BCUT2D eigenvalue weighted by Crippen LogP contribution is -2.57. The van der Waals surface area contributed by atoms with Crippen molar-refractivity contribution in [3.63, 3.8) is 0 Å². The van der Waals surface area contributed by atoms with Crippen LogP contribution in [0.2, 0.25) is 0 Å². The van der Waals surface area contributed by atoms with Gasteiger partial charge < -0.3 is 14.2 Å². The van der Waals surface area contributed by atoms with E-state index in [-0.39, 0.29) is 12.3 Å². The van der Waals surface area contributed by atoms with Crippen molar-refractivity contribution < 1.29 is 53.5 Å². The lowest BCUT2D eigenvalue weighted by Gasteiger charge is -2.36. The minimum absolute atomic E-state index is 0.121. The maximum Gasteiger partial charge on any atom is 0.485 e. The van der Waals surface area contributed by atoms with Gasteiger partial charge in [0.2, 0.25) is 5.91 Å².